The second-order valence-electron chi connectivity index (χ2n) is 6.38. The van der Waals surface area contributed by atoms with Crippen LogP contribution in [0, 0.1) is 5.92 Å². The van der Waals surface area contributed by atoms with Gasteiger partial charge in [0.05, 0.1) is 25.7 Å². The van der Waals surface area contributed by atoms with E-state index in [2.05, 4.69) is 5.32 Å². The number of hydrogen-bond acceptors (Lipinski definition) is 5. The number of benzene rings is 2. The summed E-state index contributed by atoms with van der Waals surface area (Å²) in [5.41, 5.74) is 1.46. The van der Waals surface area contributed by atoms with Crippen LogP contribution in [0.2, 0.25) is 0 Å². The van der Waals surface area contributed by atoms with E-state index in [1.54, 1.807) is 25.1 Å². The summed E-state index contributed by atoms with van der Waals surface area (Å²) >= 11 is 0. The van der Waals surface area contributed by atoms with Gasteiger partial charge in [-0.1, -0.05) is 30.3 Å². The normalized spacial score (nSPS) is 11.4. The Kier molecular flexibility index (Phi) is 9.02. The highest BCUT2D eigenvalue weighted by atomic mass is 16.5. The van der Waals surface area contributed by atoms with Crippen molar-refractivity contribution in [2.45, 2.75) is 27.2 Å². The average molecular weight is 399 g/mol. The lowest BCUT2D eigenvalue weighted by Crippen LogP contribution is -2.35. The maximum Gasteiger partial charge on any atom is 0.311 e. The second-order valence-corrected chi connectivity index (χ2v) is 6.38. The van der Waals surface area contributed by atoms with Gasteiger partial charge in [0.1, 0.15) is 0 Å². The molecule has 6 heteroatoms. The summed E-state index contributed by atoms with van der Waals surface area (Å²) in [6, 6.07) is 14.7. The largest absolute Gasteiger partial charge is 0.490 e. The molecular weight excluding hydrogens is 370 g/mol. The first kappa shape index (κ1) is 22.3. The van der Waals surface area contributed by atoms with Crippen LogP contribution in [-0.2, 0) is 16.0 Å². The van der Waals surface area contributed by atoms with Gasteiger partial charge in [0.15, 0.2) is 11.5 Å². The zero-order chi connectivity index (χ0) is 21.1. The van der Waals surface area contributed by atoms with Crippen LogP contribution in [-0.4, -0.2) is 38.2 Å². The summed E-state index contributed by atoms with van der Waals surface area (Å²) in [5, 5.41) is 2.84. The Bertz CT molecular complexity index is 791. The monoisotopic (exact) mass is 399 g/mol. The molecule has 0 bridgehead atoms. The third kappa shape index (κ3) is 6.82. The molecule has 0 aliphatic carbocycles. The molecule has 0 aliphatic rings. The number of carbonyl (C=O) groups is 2. The summed E-state index contributed by atoms with van der Waals surface area (Å²) in [6.07, 6.45) is 0.493. The zero-order valence-corrected chi connectivity index (χ0v) is 17.3. The summed E-state index contributed by atoms with van der Waals surface area (Å²) in [7, 11) is 0. The van der Waals surface area contributed by atoms with E-state index >= 15 is 0 Å². The molecule has 29 heavy (non-hydrogen) atoms. The molecule has 2 rings (SSSR count). The summed E-state index contributed by atoms with van der Waals surface area (Å²) < 4.78 is 16.3. The predicted octanol–water partition coefficient (Wildman–Crippen LogP) is 3.64. The topological polar surface area (TPSA) is 73.9 Å². The highest BCUT2D eigenvalue weighted by Gasteiger charge is 2.22. The maximum atomic E-state index is 12.6. The van der Waals surface area contributed by atoms with Crippen molar-refractivity contribution in [3.63, 3.8) is 0 Å². The van der Waals surface area contributed by atoms with Gasteiger partial charge in [0.2, 0.25) is 0 Å². The Morgan fingerprint density at radius 3 is 2.24 bits per heavy atom. The first-order valence-electron chi connectivity index (χ1n) is 9.97. The first-order valence-corrected chi connectivity index (χ1v) is 9.97. The average Bonchev–Trinajstić information content (AvgIpc) is 2.73. The van der Waals surface area contributed by atoms with Gasteiger partial charge in [-0.2, -0.15) is 0 Å². The zero-order valence-electron chi connectivity index (χ0n) is 17.3. The molecule has 1 atom stereocenters. The molecule has 2 aromatic carbocycles. The number of nitrogens with one attached hydrogen (secondary N) is 1. The Labute approximate surface area is 172 Å². The van der Waals surface area contributed by atoms with Crippen molar-refractivity contribution in [3.8, 4) is 11.5 Å². The van der Waals surface area contributed by atoms with E-state index in [1.807, 2.05) is 44.2 Å². The van der Waals surface area contributed by atoms with Crippen LogP contribution in [0.5, 0.6) is 11.5 Å². The molecule has 0 spiro atoms. The molecule has 0 heterocycles. The number of hydrogen-bond donors (Lipinski definition) is 1. The molecular formula is C23H29NO5. The van der Waals surface area contributed by atoms with Crippen LogP contribution in [0.3, 0.4) is 0 Å². The van der Waals surface area contributed by atoms with E-state index in [1.165, 1.54) is 0 Å². The fourth-order valence-electron chi connectivity index (χ4n) is 2.91. The van der Waals surface area contributed by atoms with Crippen molar-refractivity contribution < 1.29 is 23.8 Å². The highest BCUT2D eigenvalue weighted by molar-refractivity contribution is 5.95. The quantitative estimate of drug-likeness (QED) is 0.584. The smallest absolute Gasteiger partial charge is 0.311 e. The van der Waals surface area contributed by atoms with Crippen LogP contribution in [0.1, 0.15) is 36.7 Å². The molecule has 1 amide bonds. The minimum absolute atomic E-state index is 0.184. The fourth-order valence-corrected chi connectivity index (χ4v) is 2.91. The number of carbonyl (C=O) groups excluding carboxylic acids is 2. The maximum absolute atomic E-state index is 12.6. The summed E-state index contributed by atoms with van der Waals surface area (Å²) in [4.78, 5) is 25.0. The SMILES string of the molecule is CCOC(=O)C(CNC(=O)c1ccc(OCC)c(OCC)c1)Cc1ccccc1. The molecule has 1 N–H and O–H groups in total. The third-order valence-electron chi connectivity index (χ3n) is 4.26. The van der Waals surface area contributed by atoms with Crippen molar-refractivity contribution in [3.05, 3.63) is 59.7 Å². The predicted molar refractivity (Wildman–Crippen MR) is 111 cm³/mol. The Hall–Kier alpha value is -3.02. The second kappa shape index (κ2) is 11.7. The van der Waals surface area contributed by atoms with E-state index in [4.69, 9.17) is 14.2 Å². The molecule has 2 aromatic rings. The lowest BCUT2D eigenvalue weighted by Gasteiger charge is -2.17. The number of ether oxygens (including phenoxy) is 3. The van der Waals surface area contributed by atoms with Crippen molar-refractivity contribution >= 4 is 11.9 Å². The minimum Gasteiger partial charge on any atom is -0.490 e. The lowest BCUT2D eigenvalue weighted by molar-refractivity contribution is -0.147. The van der Waals surface area contributed by atoms with Crippen molar-refractivity contribution in [1.82, 2.24) is 5.32 Å². The van der Waals surface area contributed by atoms with E-state index in [-0.39, 0.29) is 18.4 Å². The molecule has 156 valence electrons. The number of rotatable bonds is 11. The summed E-state index contributed by atoms with van der Waals surface area (Å²) in [5.74, 6) is 0.0534. The molecule has 0 radical (unpaired) electrons. The Morgan fingerprint density at radius 1 is 0.897 bits per heavy atom. The number of esters is 1. The first-order chi connectivity index (χ1) is 14.1. The summed E-state index contributed by atoms with van der Waals surface area (Å²) in [6.45, 7) is 6.98. The molecule has 0 aliphatic heterocycles. The van der Waals surface area contributed by atoms with Gasteiger partial charge in [0.25, 0.3) is 5.91 Å². The van der Waals surface area contributed by atoms with E-state index in [9.17, 15) is 9.59 Å². The molecule has 0 saturated carbocycles. The van der Waals surface area contributed by atoms with Gasteiger partial charge in [-0.25, -0.2) is 0 Å². The van der Waals surface area contributed by atoms with Gasteiger partial charge in [-0.3, -0.25) is 9.59 Å². The van der Waals surface area contributed by atoms with Gasteiger partial charge in [-0.15, -0.1) is 0 Å². The standard InChI is InChI=1S/C23H29NO5/c1-4-27-20-13-12-18(15-21(20)28-5-2)22(25)24-16-19(23(26)29-6-3)14-17-10-8-7-9-11-17/h7-13,15,19H,4-6,14,16H2,1-3H3,(H,24,25). The van der Waals surface area contributed by atoms with E-state index in [0.717, 1.165) is 5.56 Å². The minimum atomic E-state index is -0.463. The molecule has 0 aromatic heterocycles. The van der Waals surface area contributed by atoms with Gasteiger partial charge < -0.3 is 19.5 Å². The van der Waals surface area contributed by atoms with Gasteiger partial charge in [0, 0.05) is 12.1 Å². The van der Waals surface area contributed by atoms with E-state index < -0.39 is 5.92 Å². The van der Waals surface area contributed by atoms with Crippen LogP contribution in [0.15, 0.2) is 48.5 Å². The van der Waals surface area contributed by atoms with E-state index in [0.29, 0.717) is 43.3 Å². The van der Waals surface area contributed by atoms with Crippen LogP contribution in [0.25, 0.3) is 0 Å². The van der Waals surface area contributed by atoms with Crippen molar-refractivity contribution in [2.75, 3.05) is 26.4 Å². The van der Waals surface area contributed by atoms with Crippen molar-refractivity contribution in [2.24, 2.45) is 5.92 Å². The Morgan fingerprint density at radius 2 is 1.59 bits per heavy atom. The fraction of sp³-hybridized carbons (Fsp3) is 0.391. The van der Waals surface area contributed by atoms with Crippen LogP contribution >= 0.6 is 0 Å². The van der Waals surface area contributed by atoms with Gasteiger partial charge >= 0.3 is 5.97 Å². The molecule has 0 saturated heterocycles. The third-order valence-corrected chi connectivity index (χ3v) is 4.26. The Balaban J connectivity index is 2.08. The van der Waals surface area contributed by atoms with Crippen LogP contribution in [0.4, 0.5) is 0 Å². The highest BCUT2D eigenvalue weighted by Crippen LogP contribution is 2.28. The van der Waals surface area contributed by atoms with Crippen molar-refractivity contribution in [1.29, 1.82) is 0 Å². The number of amides is 1. The molecule has 6 nitrogen and oxygen atoms in total. The van der Waals surface area contributed by atoms with Gasteiger partial charge in [-0.05, 0) is 51.0 Å². The molecule has 1 unspecified atom stereocenters. The lowest BCUT2D eigenvalue weighted by atomic mass is 9.99. The van der Waals surface area contributed by atoms with Crippen LogP contribution < -0.4 is 14.8 Å². The molecule has 0 fully saturated rings.